The van der Waals surface area contributed by atoms with Crippen LogP contribution < -0.4 is 0 Å². The number of ether oxygens (including phenoxy) is 2. The predicted octanol–water partition coefficient (Wildman–Crippen LogP) is 2.39. The zero-order valence-corrected chi connectivity index (χ0v) is 14.1. The van der Waals surface area contributed by atoms with Gasteiger partial charge in [-0.3, -0.25) is 14.5 Å². The van der Waals surface area contributed by atoms with E-state index >= 15 is 0 Å². The van der Waals surface area contributed by atoms with Gasteiger partial charge in [0.2, 0.25) is 0 Å². The molecule has 0 bridgehead atoms. The van der Waals surface area contributed by atoms with Gasteiger partial charge in [0, 0.05) is 0 Å². The van der Waals surface area contributed by atoms with Gasteiger partial charge in [0.05, 0.1) is 13.2 Å². The first-order valence-corrected chi connectivity index (χ1v) is 8.02. The van der Waals surface area contributed by atoms with Crippen molar-refractivity contribution in [2.75, 3.05) is 20.2 Å². The lowest BCUT2D eigenvalue weighted by molar-refractivity contribution is -0.155. The molecule has 1 fully saturated rings. The van der Waals surface area contributed by atoms with Crippen LogP contribution in [0.2, 0.25) is 0 Å². The Morgan fingerprint density at radius 1 is 1.17 bits per heavy atom. The van der Waals surface area contributed by atoms with Crippen LogP contribution in [-0.2, 0) is 25.7 Å². The smallest absolute Gasteiger partial charge is 0.326 e. The third kappa shape index (κ3) is 4.79. The van der Waals surface area contributed by atoms with Crippen molar-refractivity contribution in [2.45, 2.75) is 38.8 Å². The number of hydrogen-bond donors (Lipinski definition) is 0. The maximum atomic E-state index is 12.2. The molecule has 126 valence electrons. The highest BCUT2D eigenvalue weighted by atomic mass is 16.5. The van der Waals surface area contributed by atoms with Crippen molar-refractivity contribution in [2.24, 2.45) is 5.92 Å². The zero-order valence-electron chi connectivity index (χ0n) is 14.1. The van der Waals surface area contributed by atoms with Gasteiger partial charge in [-0.2, -0.15) is 0 Å². The summed E-state index contributed by atoms with van der Waals surface area (Å²) in [6, 6.07) is 9.53. The molecule has 0 amide bonds. The molecule has 1 aliphatic rings. The average molecular weight is 319 g/mol. The maximum Gasteiger partial charge on any atom is 0.326 e. The van der Waals surface area contributed by atoms with Crippen LogP contribution in [0.3, 0.4) is 0 Å². The highest BCUT2D eigenvalue weighted by Gasteiger charge is 2.55. The predicted molar refractivity (Wildman–Crippen MR) is 86.6 cm³/mol. The van der Waals surface area contributed by atoms with Crippen LogP contribution in [-0.4, -0.2) is 42.6 Å². The van der Waals surface area contributed by atoms with Gasteiger partial charge in [-0.15, -0.1) is 0 Å². The minimum atomic E-state index is -0.638. The minimum Gasteiger partial charge on any atom is -0.464 e. The number of hydrogen-bond acceptors (Lipinski definition) is 5. The Labute approximate surface area is 137 Å². The summed E-state index contributed by atoms with van der Waals surface area (Å²) in [6.45, 7) is 4.74. The summed E-state index contributed by atoms with van der Waals surface area (Å²) in [6.07, 6.45) is 1.46. The number of carbonyl (C=O) groups excluding carboxylic acids is 2. The summed E-state index contributed by atoms with van der Waals surface area (Å²) in [5.74, 6) is -0.264. The van der Waals surface area contributed by atoms with E-state index < -0.39 is 5.54 Å². The Hall–Kier alpha value is -1.88. The SMILES string of the molecule is CC(C)COC(=O)C1(N(C)CC(=O)OCc2ccccc2)CC1. The Kier molecular flexibility index (Phi) is 5.77. The Morgan fingerprint density at radius 2 is 1.83 bits per heavy atom. The summed E-state index contributed by atoms with van der Waals surface area (Å²) in [7, 11) is 1.77. The topological polar surface area (TPSA) is 55.8 Å². The number of likely N-dealkylation sites (N-methyl/N-ethyl adjacent to an activating group) is 1. The second-order valence-electron chi connectivity index (χ2n) is 6.53. The van der Waals surface area contributed by atoms with Crippen LogP contribution >= 0.6 is 0 Å². The molecular weight excluding hydrogens is 294 g/mol. The number of rotatable bonds is 8. The van der Waals surface area contributed by atoms with Gasteiger partial charge < -0.3 is 9.47 Å². The summed E-state index contributed by atoms with van der Waals surface area (Å²) in [4.78, 5) is 25.9. The lowest BCUT2D eigenvalue weighted by atomic mass is 10.2. The Morgan fingerprint density at radius 3 is 2.39 bits per heavy atom. The fourth-order valence-corrected chi connectivity index (χ4v) is 2.37. The van der Waals surface area contributed by atoms with Crippen LogP contribution in [0.1, 0.15) is 32.3 Å². The lowest BCUT2D eigenvalue weighted by Crippen LogP contribution is -2.45. The first-order chi connectivity index (χ1) is 10.9. The summed E-state index contributed by atoms with van der Waals surface area (Å²) < 4.78 is 10.6. The van der Waals surface area contributed by atoms with Gasteiger partial charge in [-0.05, 0) is 31.4 Å². The van der Waals surface area contributed by atoms with Gasteiger partial charge in [0.25, 0.3) is 0 Å². The number of nitrogens with zero attached hydrogens (tertiary/aromatic N) is 1. The van der Waals surface area contributed by atoms with E-state index in [1.165, 1.54) is 0 Å². The number of esters is 2. The fraction of sp³-hybridized carbons (Fsp3) is 0.556. The van der Waals surface area contributed by atoms with Crippen LogP contribution in [0.4, 0.5) is 0 Å². The molecule has 1 saturated carbocycles. The summed E-state index contributed by atoms with van der Waals surface area (Å²) in [5, 5.41) is 0. The van der Waals surface area contributed by atoms with E-state index in [1.54, 1.807) is 11.9 Å². The number of benzene rings is 1. The molecule has 5 heteroatoms. The van der Waals surface area contributed by atoms with Crippen molar-refractivity contribution in [3.8, 4) is 0 Å². The molecule has 0 aliphatic heterocycles. The van der Waals surface area contributed by atoms with Crippen molar-refractivity contribution in [1.29, 1.82) is 0 Å². The molecule has 1 aromatic rings. The molecule has 0 spiro atoms. The highest BCUT2D eigenvalue weighted by molar-refractivity contribution is 5.85. The third-order valence-electron chi connectivity index (χ3n) is 3.99. The van der Waals surface area contributed by atoms with Gasteiger partial charge in [-0.25, -0.2) is 0 Å². The molecule has 0 N–H and O–H groups in total. The maximum absolute atomic E-state index is 12.2. The molecule has 0 radical (unpaired) electrons. The molecule has 0 saturated heterocycles. The quantitative estimate of drug-likeness (QED) is 0.689. The molecule has 0 heterocycles. The van der Waals surface area contributed by atoms with E-state index in [0.717, 1.165) is 18.4 Å². The van der Waals surface area contributed by atoms with Crippen LogP contribution in [0.15, 0.2) is 30.3 Å². The Balaban J connectivity index is 1.80. The molecule has 0 atom stereocenters. The molecule has 0 aromatic heterocycles. The van der Waals surface area contributed by atoms with Crippen molar-refractivity contribution in [3.63, 3.8) is 0 Å². The number of carbonyl (C=O) groups is 2. The molecular formula is C18H25NO4. The molecule has 23 heavy (non-hydrogen) atoms. The monoisotopic (exact) mass is 319 g/mol. The normalized spacial score (nSPS) is 15.5. The van der Waals surface area contributed by atoms with E-state index in [1.807, 2.05) is 44.2 Å². The summed E-state index contributed by atoms with van der Waals surface area (Å²) >= 11 is 0. The molecule has 5 nitrogen and oxygen atoms in total. The van der Waals surface area contributed by atoms with Gasteiger partial charge >= 0.3 is 11.9 Å². The van der Waals surface area contributed by atoms with Crippen molar-refractivity contribution < 1.29 is 19.1 Å². The van der Waals surface area contributed by atoms with Gasteiger partial charge in [0.15, 0.2) is 0 Å². The van der Waals surface area contributed by atoms with Gasteiger partial charge in [0.1, 0.15) is 12.1 Å². The van der Waals surface area contributed by atoms with Crippen LogP contribution in [0.25, 0.3) is 0 Å². The van der Waals surface area contributed by atoms with E-state index in [9.17, 15) is 9.59 Å². The molecule has 1 aromatic carbocycles. The third-order valence-corrected chi connectivity index (χ3v) is 3.99. The molecule has 0 unspecified atom stereocenters. The van der Waals surface area contributed by atoms with Crippen LogP contribution in [0, 0.1) is 5.92 Å². The van der Waals surface area contributed by atoms with E-state index in [-0.39, 0.29) is 25.1 Å². The van der Waals surface area contributed by atoms with Crippen molar-refractivity contribution >= 4 is 11.9 Å². The van der Waals surface area contributed by atoms with E-state index in [0.29, 0.717) is 12.5 Å². The molecule has 2 rings (SSSR count). The second kappa shape index (κ2) is 7.59. The largest absolute Gasteiger partial charge is 0.464 e. The van der Waals surface area contributed by atoms with Crippen molar-refractivity contribution in [3.05, 3.63) is 35.9 Å². The fourth-order valence-electron chi connectivity index (χ4n) is 2.37. The average Bonchev–Trinajstić information content (AvgIpc) is 3.33. The van der Waals surface area contributed by atoms with Crippen LogP contribution in [0.5, 0.6) is 0 Å². The minimum absolute atomic E-state index is 0.0869. The standard InChI is InChI=1S/C18H25NO4/c1-14(2)12-23-17(21)18(9-10-18)19(3)11-16(20)22-13-15-7-5-4-6-8-15/h4-8,14H,9-13H2,1-3H3. The Bertz CT molecular complexity index is 537. The van der Waals surface area contributed by atoms with E-state index in [2.05, 4.69) is 0 Å². The molecule has 1 aliphatic carbocycles. The highest BCUT2D eigenvalue weighted by Crippen LogP contribution is 2.42. The zero-order chi connectivity index (χ0) is 16.9. The summed E-state index contributed by atoms with van der Waals surface area (Å²) in [5.41, 5.74) is 0.307. The first-order valence-electron chi connectivity index (χ1n) is 8.02. The lowest BCUT2D eigenvalue weighted by Gasteiger charge is -2.25. The first kappa shape index (κ1) is 17.5. The second-order valence-corrected chi connectivity index (χ2v) is 6.53. The van der Waals surface area contributed by atoms with Crippen molar-refractivity contribution in [1.82, 2.24) is 4.90 Å². The van der Waals surface area contributed by atoms with E-state index in [4.69, 9.17) is 9.47 Å². The van der Waals surface area contributed by atoms with Gasteiger partial charge in [-0.1, -0.05) is 44.2 Å².